The van der Waals surface area contributed by atoms with E-state index >= 15 is 0 Å². The van der Waals surface area contributed by atoms with Crippen LogP contribution >= 0.6 is 0 Å². The summed E-state index contributed by atoms with van der Waals surface area (Å²) < 4.78 is 6.17. The van der Waals surface area contributed by atoms with E-state index in [9.17, 15) is 14.4 Å². The summed E-state index contributed by atoms with van der Waals surface area (Å²) in [6.45, 7) is 3.15. The molecule has 1 aromatic heterocycles. The van der Waals surface area contributed by atoms with Gasteiger partial charge in [0.15, 0.2) is 6.73 Å². The molecule has 0 fully saturated rings. The molecule has 0 aliphatic rings. The molecule has 9 nitrogen and oxygen atoms in total. The maximum Gasteiger partial charge on any atom is 0.330 e. The Balaban J connectivity index is 1.65. The van der Waals surface area contributed by atoms with Crippen molar-refractivity contribution < 1.29 is 14.3 Å². The maximum absolute atomic E-state index is 12.5. The minimum atomic E-state index is -0.900. The van der Waals surface area contributed by atoms with Crippen molar-refractivity contribution in [2.75, 3.05) is 5.32 Å². The van der Waals surface area contributed by atoms with E-state index in [0.717, 1.165) is 4.68 Å². The molecule has 29 heavy (non-hydrogen) atoms. The molecule has 2 N–H and O–H groups in total. The number of ether oxygens (including phenoxy) is 1. The molecular weight excluding hydrogens is 374 g/mol. The van der Waals surface area contributed by atoms with Gasteiger partial charge in [-0.1, -0.05) is 49.4 Å². The SMILES string of the molecule is CC(C)[C@@H](NC(=O)Nc1ccccc1)C(=O)OCn1nnc2ccccc2c1=O. The molecule has 0 aliphatic carbocycles. The van der Waals surface area contributed by atoms with E-state index in [-0.39, 0.29) is 5.92 Å². The molecule has 0 spiro atoms. The molecule has 1 atom stereocenters. The van der Waals surface area contributed by atoms with Crippen molar-refractivity contribution >= 4 is 28.6 Å². The fourth-order valence-electron chi connectivity index (χ4n) is 2.65. The highest BCUT2D eigenvalue weighted by atomic mass is 16.5. The Labute approximate surface area is 166 Å². The molecule has 3 aromatic rings. The molecule has 2 amide bonds. The van der Waals surface area contributed by atoms with Gasteiger partial charge in [0.05, 0.1) is 5.39 Å². The quantitative estimate of drug-likeness (QED) is 0.618. The summed E-state index contributed by atoms with van der Waals surface area (Å²) in [7, 11) is 0. The molecule has 0 saturated heterocycles. The zero-order chi connectivity index (χ0) is 20.8. The summed E-state index contributed by atoms with van der Waals surface area (Å²) >= 11 is 0. The fourth-order valence-corrected chi connectivity index (χ4v) is 2.65. The summed E-state index contributed by atoms with van der Waals surface area (Å²) in [4.78, 5) is 37.1. The number of urea groups is 1. The van der Waals surface area contributed by atoms with Crippen LogP contribution < -0.4 is 16.2 Å². The summed E-state index contributed by atoms with van der Waals surface area (Å²) in [5.41, 5.74) is 0.637. The first-order valence-corrected chi connectivity index (χ1v) is 9.07. The number of fused-ring (bicyclic) bond motifs is 1. The van der Waals surface area contributed by atoms with E-state index in [2.05, 4.69) is 20.9 Å². The van der Waals surface area contributed by atoms with Gasteiger partial charge in [0.1, 0.15) is 11.6 Å². The van der Waals surface area contributed by atoms with Gasteiger partial charge in [-0.05, 0) is 30.2 Å². The smallest absolute Gasteiger partial charge is 0.330 e. The van der Waals surface area contributed by atoms with Gasteiger partial charge in [-0.3, -0.25) is 4.79 Å². The molecule has 0 unspecified atom stereocenters. The highest BCUT2D eigenvalue weighted by Gasteiger charge is 2.26. The van der Waals surface area contributed by atoms with Crippen LogP contribution in [0.3, 0.4) is 0 Å². The molecular formula is C20H21N5O4. The van der Waals surface area contributed by atoms with Gasteiger partial charge in [-0.2, -0.15) is 4.68 Å². The number of aromatic nitrogens is 3. The summed E-state index contributed by atoms with van der Waals surface area (Å²) in [6.07, 6.45) is 0. The number of carbonyl (C=O) groups excluding carboxylic acids is 2. The van der Waals surface area contributed by atoms with Gasteiger partial charge in [0.25, 0.3) is 5.56 Å². The standard InChI is InChI=1S/C20H21N5O4/c1-13(2)17(22-20(28)21-14-8-4-3-5-9-14)19(27)29-12-25-18(26)15-10-6-7-11-16(15)23-24-25/h3-11,13,17H,12H2,1-2H3,(H2,21,22,28)/t17-/m1/s1. The number of anilines is 1. The predicted molar refractivity (Wildman–Crippen MR) is 107 cm³/mol. The van der Waals surface area contributed by atoms with Crippen LogP contribution in [0.2, 0.25) is 0 Å². The van der Waals surface area contributed by atoms with E-state index < -0.39 is 30.3 Å². The first kappa shape index (κ1) is 20.0. The number of hydrogen-bond acceptors (Lipinski definition) is 6. The average molecular weight is 395 g/mol. The Morgan fingerprint density at radius 3 is 2.48 bits per heavy atom. The Kier molecular flexibility index (Phi) is 6.18. The van der Waals surface area contributed by atoms with Gasteiger partial charge in [-0.25, -0.2) is 9.59 Å². The zero-order valence-corrected chi connectivity index (χ0v) is 16.0. The highest BCUT2D eigenvalue weighted by molar-refractivity contribution is 5.92. The number of amides is 2. The van der Waals surface area contributed by atoms with Crippen LogP contribution in [0.1, 0.15) is 13.8 Å². The molecule has 1 heterocycles. The van der Waals surface area contributed by atoms with Crippen molar-refractivity contribution in [2.45, 2.75) is 26.6 Å². The van der Waals surface area contributed by atoms with Crippen molar-refractivity contribution in [3.8, 4) is 0 Å². The molecule has 2 aromatic carbocycles. The Morgan fingerprint density at radius 1 is 1.07 bits per heavy atom. The van der Waals surface area contributed by atoms with Crippen molar-refractivity contribution in [1.82, 2.24) is 20.3 Å². The summed E-state index contributed by atoms with van der Waals surface area (Å²) in [5, 5.41) is 13.3. The zero-order valence-electron chi connectivity index (χ0n) is 16.0. The monoisotopic (exact) mass is 395 g/mol. The van der Waals surface area contributed by atoms with Crippen LogP contribution in [0.25, 0.3) is 10.9 Å². The van der Waals surface area contributed by atoms with Crippen LogP contribution in [0.4, 0.5) is 10.5 Å². The Bertz CT molecular complexity index is 1070. The van der Waals surface area contributed by atoms with E-state index in [1.807, 2.05) is 6.07 Å². The lowest BCUT2D eigenvalue weighted by atomic mass is 10.1. The number of hydrogen-bond donors (Lipinski definition) is 2. The molecule has 9 heteroatoms. The Morgan fingerprint density at radius 2 is 1.76 bits per heavy atom. The van der Waals surface area contributed by atoms with Crippen LogP contribution in [0.15, 0.2) is 59.4 Å². The minimum absolute atomic E-state index is 0.233. The van der Waals surface area contributed by atoms with Crippen LogP contribution in [0, 0.1) is 5.92 Å². The lowest BCUT2D eigenvalue weighted by molar-refractivity contribution is -0.151. The molecule has 0 aliphatic heterocycles. The van der Waals surface area contributed by atoms with Crippen molar-refractivity contribution in [1.29, 1.82) is 0 Å². The summed E-state index contributed by atoms with van der Waals surface area (Å²) in [6, 6.07) is 14.2. The van der Waals surface area contributed by atoms with E-state index in [1.165, 1.54) is 0 Å². The number of para-hydroxylation sites is 1. The second-order valence-electron chi connectivity index (χ2n) is 6.69. The third-order valence-corrected chi connectivity index (χ3v) is 4.20. The third kappa shape index (κ3) is 4.95. The second-order valence-corrected chi connectivity index (χ2v) is 6.69. The Hall–Kier alpha value is -3.75. The maximum atomic E-state index is 12.5. The molecule has 0 saturated carbocycles. The lowest BCUT2D eigenvalue weighted by Gasteiger charge is -2.21. The lowest BCUT2D eigenvalue weighted by Crippen LogP contribution is -2.47. The number of nitrogens with one attached hydrogen (secondary N) is 2. The van der Waals surface area contributed by atoms with Crippen molar-refractivity contribution in [3.05, 3.63) is 65.0 Å². The highest BCUT2D eigenvalue weighted by Crippen LogP contribution is 2.08. The fraction of sp³-hybridized carbons (Fsp3) is 0.250. The van der Waals surface area contributed by atoms with Gasteiger partial charge in [0.2, 0.25) is 0 Å². The van der Waals surface area contributed by atoms with E-state index in [1.54, 1.807) is 62.4 Å². The topological polar surface area (TPSA) is 115 Å². The first-order chi connectivity index (χ1) is 14.0. The van der Waals surface area contributed by atoms with Crippen LogP contribution in [0.5, 0.6) is 0 Å². The molecule has 150 valence electrons. The summed E-state index contributed by atoms with van der Waals surface area (Å²) in [5.74, 6) is -0.909. The first-order valence-electron chi connectivity index (χ1n) is 9.07. The number of nitrogens with zero attached hydrogens (tertiary/aromatic N) is 3. The number of rotatable bonds is 6. The number of esters is 1. The van der Waals surface area contributed by atoms with Crippen molar-refractivity contribution in [3.63, 3.8) is 0 Å². The molecule has 3 rings (SSSR count). The van der Waals surface area contributed by atoms with Gasteiger partial charge in [-0.15, -0.1) is 5.10 Å². The predicted octanol–water partition coefficient (Wildman–Crippen LogP) is 2.14. The molecule has 0 radical (unpaired) electrons. The van der Waals surface area contributed by atoms with Crippen LogP contribution in [-0.4, -0.2) is 33.0 Å². The minimum Gasteiger partial charge on any atom is -0.441 e. The molecule has 0 bridgehead atoms. The number of carbonyl (C=O) groups is 2. The van der Waals surface area contributed by atoms with Gasteiger partial charge >= 0.3 is 12.0 Å². The van der Waals surface area contributed by atoms with E-state index in [4.69, 9.17) is 4.74 Å². The normalized spacial score (nSPS) is 11.8. The largest absolute Gasteiger partial charge is 0.441 e. The second kappa shape index (κ2) is 8.96. The van der Waals surface area contributed by atoms with E-state index in [0.29, 0.717) is 16.6 Å². The van der Waals surface area contributed by atoms with Gasteiger partial charge in [0, 0.05) is 5.69 Å². The third-order valence-electron chi connectivity index (χ3n) is 4.20. The number of benzene rings is 2. The van der Waals surface area contributed by atoms with Crippen molar-refractivity contribution in [2.24, 2.45) is 5.92 Å². The van der Waals surface area contributed by atoms with Crippen LogP contribution in [-0.2, 0) is 16.3 Å². The van der Waals surface area contributed by atoms with Gasteiger partial charge < -0.3 is 15.4 Å². The average Bonchev–Trinajstić information content (AvgIpc) is 2.72.